The smallest absolute Gasteiger partial charge is 0.203 e. The van der Waals surface area contributed by atoms with Gasteiger partial charge in [-0.15, -0.1) is 0 Å². The number of aliphatic imine (C=N–C) groups is 1. The molecule has 2 atom stereocenters. The second-order valence-electron chi connectivity index (χ2n) is 7.35. The van der Waals surface area contributed by atoms with E-state index in [0.29, 0.717) is 23.0 Å². The van der Waals surface area contributed by atoms with E-state index >= 15 is 0 Å². The molecule has 1 saturated heterocycles. The maximum atomic E-state index is 12.9. The fraction of sp³-hybridized carbons (Fsp3) is 0.250. The van der Waals surface area contributed by atoms with Crippen molar-refractivity contribution < 1.29 is 19.0 Å². The first-order chi connectivity index (χ1) is 14.7. The van der Waals surface area contributed by atoms with Gasteiger partial charge in [0.1, 0.15) is 0 Å². The largest absolute Gasteiger partial charge is 0.493 e. The van der Waals surface area contributed by atoms with Gasteiger partial charge in [-0.3, -0.25) is 9.79 Å². The minimum absolute atomic E-state index is 0.159. The third-order valence-corrected chi connectivity index (χ3v) is 6.86. The highest BCUT2D eigenvalue weighted by molar-refractivity contribution is 8.15. The van der Waals surface area contributed by atoms with Gasteiger partial charge in [0.2, 0.25) is 5.75 Å². The van der Waals surface area contributed by atoms with Crippen LogP contribution in [0.4, 0.5) is 5.69 Å². The molecule has 0 saturated carbocycles. The van der Waals surface area contributed by atoms with Gasteiger partial charge in [0, 0.05) is 22.8 Å². The van der Waals surface area contributed by atoms with E-state index in [9.17, 15) is 4.79 Å². The Morgan fingerprint density at radius 3 is 2.37 bits per heavy atom. The summed E-state index contributed by atoms with van der Waals surface area (Å²) in [6, 6.07) is 16.3. The van der Waals surface area contributed by atoms with Crippen LogP contribution in [0, 0.1) is 5.92 Å². The van der Waals surface area contributed by atoms with Gasteiger partial charge < -0.3 is 14.2 Å². The first kappa shape index (κ1) is 19.0. The van der Waals surface area contributed by atoms with Crippen molar-refractivity contribution in [2.24, 2.45) is 10.9 Å². The summed E-state index contributed by atoms with van der Waals surface area (Å²) >= 11 is 1.35. The number of nitrogens with zero attached hydrogens (tertiary/aromatic N) is 1. The molecule has 5 rings (SSSR count). The molecule has 0 bridgehead atoms. The molecule has 0 aromatic heterocycles. The molecule has 0 aliphatic carbocycles. The van der Waals surface area contributed by atoms with Crippen LogP contribution < -0.4 is 14.2 Å². The number of rotatable bonds is 4. The molecular formula is C24H21NO4S. The predicted octanol–water partition coefficient (Wildman–Crippen LogP) is 4.97. The topological polar surface area (TPSA) is 57.1 Å². The van der Waals surface area contributed by atoms with Gasteiger partial charge in [-0.1, -0.05) is 48.2 Å². The van der Waals surface area contributed by atoms with Crippen LogP contribution >= 0.6 is 11.8 Å². The SMILES string of the molecule is COc1cc(C2c3ccc4ccccc4c3N=C3CSC(=O)C32)cc(OC)c1OC. The Labute approximate surface area is 179 Å². The van der Waals surface area contributed by atoms with E-state index in [1.807, 2.05) is 24.3 Å². The van der Waals surface area contributed by atoms with Crippen LogP contribution in [0.25, 0.3) is 10.8 Å². The van der Waals surface area contributed by atoms with E-state index in [2.05, 4.69) is 24.3 Å². The number of thioether (sulfide) groups is 1. The van der Waals surface area contributed by atoms with Gasteiger partial charge in [-0.25, -0.2) is 0 Å². The molecule has 6 heteroatoms. The van der Waals surface area contributed by atoms with Crippen LogP contribution in [-0.2, 0) is 4.79 Å². The van der Waals surface area contributed by atoms with Crippen LogP contribution in [0.5, 0.6) is 17.2 Å². The molecule has 2 unspecified atom stereocenters. The molecule has 0 amide bonds. The van der Waals surface area contributed by atoms with E-state index in [0.717, 1.165) is 33.3 Å². The Morgan fingerprint density at radius 1 is 0.933 bits per heavy atom. The minimum atomic E-state index is -0.286. The molecule has 2 aliphatic rings. The molecule has 30 heavy (non-hydrogen) atoms. The third kappa shape index (κ3) is 2.78. The lowest BCUT2D eigenvalue weighted by Gasteiger charge is -2.30. The highest BCUT2D eigenvalue weighted by Gasteiger charge is 2.44. The molecule has 3 aromatic carbocycles. The van der Waals surface area contributed by atoms with Crippen LogP contribution in [0.1, 0.15) is 17.0 Å². The summed E-state index contributed by atoms with van der Waals surface area (Å²) in [4.78, 5) is 17.9. The monoisotopic (exact) mass is 419 g/mol. The Morgan fingerprint density at radius 2 is 1.67 bits per heavy atom. The molecule has 152 valence electrons. The van der Waals surface area contributed by atoms with Gasteiger partial charge in [0.15, 0.2) is 16.6 Å². The Kier molecular flexibility index (Phi) is 4.66. The van der Waals surface area contributed by atoms with Gasteiger partial charge in [-0.05, 0) is 28.6 Å². The first-order valence-electron chi connectivity index (χ1n) is 9.72. The van der Waals surface area contributed by atoms with Crippen molar-refractivity contribution in [2.45, 2.75) is 5.92 Å². The van der Waals surface area contributed by atoms with Crippen molar-refractivity contribution in [1.29, 1.82) is 0 Å². The average molecular weight is 420 g/mol. The summed E-state index contributed by atoms with van der Waals surface area (Å²) in [5.74, 6) is 1.89. The van der Waals surface area contributed by atoms with Crippen LogP contribution in [0.15, 0.2) is 53.5 Å². The summed E-state index contributed by atoms with van der Waals surface area (Å²) in [5.41, 5.74) is 3.89. The second-order valence-corrected chi connectivity index (χ2v) is 8.33. The minimum Gasteiger partial charge on any atom is -0.493 e. The second kappa shape index (κ2) is 7.36. The fourth-order valence-corrected chi connectivity index (χ4v) is 5.50. The quantitative estimate of drug-likeness (QED) is 0.597. The molecule has 2 heterocycles. The molecule has 0 N–H and O–H groups in total. The van der Waals surface area contributed by atoms with Gasteiger partial charge in [0.25, 0.3) is 0 Å². The molecule has 5 nitrogen and oxygen atoms in total. The lowest BCUT2D eigenvalue weighted by Crippen LogP contribution is -2.27. The number of ether oxygens (including phenoxy) is 3. The standard InChI is InChI=1S/C24H21NO4S/c1-27-18-10-14(11-19(28-2)23(18)29-3)20-16-9-8-13-6-4-5-7-15(13)22(16)25-17-12-30-24(26)21(17)20/h4-11,20-21H,12H2,1-3H3. The van der Waals surface area contributed by atoms with Crippen molar-refractivity contribution in [3.8, 4) is 17.2 Å². The van der Waals surface area contributed by atoms with E-state index in [-0.39, 0.29) is 17.0 Å². The van der Waals surface area contributed by atoms with Crippen LogP contribution in [-0.4, -0.2) is 37.9 Å². The highest BCUT2D eigenvalue weighted by atomic mass is 32.2. The highest BCUT2D eigenvalue weighted by Crippen LogP contribution is 2.51. The number of hydrogen-bond acceptors (Lipinski definition) is 6. The number of fused-ring (bicyclic) bond motifs is 4. The number of methoxy groups -OCH3 is 3. The summed E-state index contributed by atoms with van der Waals surface area (Å²) in [7, 11) is 4.80. The van der Waals surface area contributed by atoms with Crippen molar-refractivity contribution in [3.63, 3.8) is 0 Å². The predicted molar refractivity (Wildman–Crippen MR) is 120 cm³/mol. The third-order valence-electron chi connectivity index (χ3n) is 5.88. The van der Waals surface area contributed by atoms with Crippen LogP contribution in [0.2, 0.25) is 0 Å². The zero-order valence-electron chi connectivity index (χ0n) is 17.0. The van der Waals surface area contributed by atoms with E-state index < -0.39 is 0 Å². The van der Waals surface area contributed by atoms with E-state index in [4.69, 9.17) is 19.2 Å². The van der Waals surface area contributed by atoms with Crippen molar-refractivity contribution >= 4 is 39.0 Å². The zero-order chi connectivity index (χ0) is 20.8. The van der Waals surface area contributed by atoms with Gasteiger partial charge >= 0.3 is 0 Å². The van der Waals surface area contributed by atoms with Crippen LogP contribution in [0.3, 0.4) is 0 Å². The summed E-state index contributed by atoms with van der Waals surface area (Å²) in [6.07, 6.45) is 0. The summed E-state index contributed by atoms with van der Waals surface area (Å²) < 4.78 is 16.7. The van der Waals surface area contributed by atoms with E-state index in [1.54, 1.807) is 21.3 Å². The van der Waals surface area contributed by atoms with Gasteiger partial charge in [-0.2, -0.15) is 0 Å². The summed E-state index contributed by atoms with van der Waals surface area (Å²) in [6.45, 7) is 0. The molecule has 0 radical (unpaired) electrons. The molecule has 3 aromatic rings. The Balaban J connectivity index is 1.79. The molecule has 1 fully saturated rings. The fourth-order valence-electron chi connectivity index (χ4n) is 4.51. The number of benzene rings is 3. The van der Waals surface area contributed by atoms with Crippen molar-refractivity contribution in [3.05, 3.63) is 59.7 Å². The number of carbonyl (C=O) groups excluding carboxylic acids is 1. The average Bonchev–Trinajstić information content (AvgIpc) is 3.16. The molecule has 2 aliphatic heterocycles. The van der Waals surface area contributed by atoms with Crippen molar-refractivity contribution in [1.82, 2.24) is 0 Å². The Hall–Kier alpha value is -2.99. The molecule has 0 spiro atoms. The summed E-state index contributed by atoms with van der Waals surface area (Å²) in [5, 5.41) is 2.40. The van der Waals surface area contributed by atoms with Crippen molar-refractivity contribution in [2.75, 3.05) is 27.1 Å². The molecular weight excluding hydrogens is 398 g/mol. The van der Waals surface area contributed by atoms with E-state index in [1.165, 1.54) is 11.8 Å². The first-order valence-corrected chi connectivity index (χ1v) is 10.7. The lowest BCUT2D eigenvalue weighted by molar-refractivity contribution is -0.112. The lowest BCUT2D eigenvalue weighted by atomic mass is 9.76. The zero-order valence-corrected chi connectivity index (χ0v) is 17.8. The number of carbonyl (C=O) groups is 1. The Bertz CT molecular complexity index is 1180. The maximum Gasteiger partial charge on any atom is 0.203 e. The number of hydrogen-bond donors (Lipinski definition) is 0. The maximum absolute atomic E-state index is 12.9. The van der Waals surface area contributed by atoms with Gasteiger partial charge in [0.05, 0.1) is 32.9 Å². The normalized spacial score (nSPS) is 19.8.